The van der Waals surface area contributed by atoms with Crippen molar-refractivity contribution in [3.05, 3.63) is 65.2 Å². The Morgan fingerprint density at radius 2 is 1.67 bits per heavy atom. The summed E-state index contributed by atoms with van der Waals surface area (Å²) in [6.07, 6.45) is 0. The molecule has 160 valence electrons. The summed E-state index contributed by atoms with van der Waals surface area (Å²) in [6.45, 7) is 6.03. The van der Waals surface area contributed by atoms with E-state index < -0.39 is 0 Å². The van der Waals surface area contributed by atoms with E-state index in [-0.39, 0.29) is 24.4 Å². The van der Waals surface area contributed by atoms with Crippen molar-refractivity contribution < 1.29 is 9.59 Å². The molecule has 0 bridgehead atoms. The number of hydrogen-bond donors (Lipinski definition) is 1. The lowest BCUT2D eigenvalue weighted by atomic mass is 10.2. The van der Waals surface area contributed by atoms with Crippen LogP contribution in [0.4, 0.5) is 5.69 Å². The SMILES string of the molecule is CC(C(=O)N1CCN(Cc2ccccc2)CC1)N(C)CC(=O)Nc1ccc(Cl)cc1. The molecule has 2 amide bonds. The van der Waals surface area contributed by atoms with Crippen molar-refractivity contribution in [2.75, 3.05) is 45.1 Å². The summed E-state index contributed by atoms with van der Waals surface area (Å²) in [4.78, 5) is 31.3. The highest BCUT2D eigenvalue weighted by molar-refractivity contribution is 6.30. The minimum absolute atomic E-state index is 0.0659. The van der Waals surface area contributed by atoms with E-state index in [9.17, 15) is 9.59 Å². The predicted molar refractivity (Wildman–Crippen MR) is 120 cm³/mol. The number of benzene rings is 2. The molecule has 0 saturated carbocycles. The highest BCUT2D eigenvalue weighted by atomic mass is 35.5. The van der Waals surface area contributed by atoms with E-state index in [1.54, 1.807) is 36.2 Å². The molecule has 0 aliphatic carbocycles. The fourth-order valence-electron chi connectivity index (χ4n) is 3.52. The number of carbonyl (C=O) groups excluding carboxylic acids is 2. The summed E-state index contributed by atoms with van der Waals surface area (Å²) < 4.78 is 0. The van der Waals surface area contributed by atoms with Crippen LogP contribution in [-0.2, 0) is 16.1 Å². The zero-order valence-electron chi connectivity index (χ0n) is 17.6. The standard InChI is InChI=1S/C23H29ClN4O2/c1-18(26(2)17-22(29)25-21-10-8-20(24)9-11-21)23(30)28-14-12-27(13-15-28)16-19-6-4-3-5-7-19/h3-11,18H,12-17H2,1-2H3,(H,25,29). The van der Waals surface area contributed by atoms with Crippen LogP contribution in [0.3, 0.4) is 0 Å². The molecule has 2 aromatic carbocycles. The molecular weight excluding hydrogens is 400 g/mol. The molecule has 0 spiro atoms. The van der Waals surface area contributed by atoms with Gasteiger partial charge in [-0.2, -0.15) is 0 Å². The Balaban J connectivity index is 1.44. The Labute approximate surface area is 183 Å². The fourth-order valence-corrected chi connectivity index (χ4v) is 3.64. The molecule has 1 saturated heterocycles. The van der Waals surface area contributed by atoms with Crippen LogP contribution in [0.15, 0.2) is 54.6 Å². The predicted octanol–water partition coefficient (Wildman–Crippen LogP) is 2.94. The lowest BCUT2D eigenvalue weighted by molar-refractivity contribution is -0.138. The van der Waals surface area contributed by atoms with Gasteiger partial charge in [0.15, 0.2) is 0 Å². The summed E-state index contributed by atoms with van der Waals surface area (Å²) in [5.41, 5.74) is 1.98. The van der Waals surface area contributed by atoms with Crippen molar-refractivity contribution in [2.24, 2.45) is 0 Å². The molecule has 6 nitrogen and oxygen atoms in total. The molecule has 2 aromatic rings. The van der Waals surface area contributed by atoms with Crippen LogP contribution >= 0.6 is 11.6 Å². The quantitative estimate of drug-likeness (QED) is 0.736. The third-order valence-electron chi connectivity index (χ3n) is 5.47. The van der Waals surface area contributed by atoms with Crippen molar-refractivity contribution in [3.8, 4) is 0 Å². The zero-order valence-corrected chi connectivity index (χ0v) is 18.3. The second-order valence-electron chi connectivity index (χ2n) is 7.73. The minimum Gasteiger partial charge on any atom is -0.339 e. The van der Waals surface area contributed by atoms with Gasteiger partial charge in [-0.05, 0) is 43.8 Å². The molecule has 30 heavy (non-hydrogen) atoms. The molecular formula is C23H29ClN4O2. The Bertz CT molecular complexity index is 836. The summed E-state index contributed by atoms with van der Waals surface area (Å²) in [6, 6.07) is 17.0. The number of carbonyl (C=O) groups is 2. The molecule has 1 heterocycles. The molecule has 0 aromatic heterocycles. The van der Waals surface area contributed by atoms with Crippen LogP contribution in [0.1, 0.15) is 12.5 Å². The lowest BCUT2D eigenvalue weighted by Gasteiger charge is -2.37. The van der Waals surface area contributed by atoms with Crippen LogP contribution in [-0.4, -0.2) is 72.3 Å². The molecule has 1 aliphatic rings. The lowest BCUT2D eigenvalue weighted by Crippen LogP contribution is -2.54. The number of hydrogen-bond acceptors (Lipinski definition) is 4. The molecule has 1 fully saturated rings. The monoisotopic (exact) mass is 428 g/mol. The van der Waals surface area contributed by atoms with Gasteiger partial charge in [0.25, 0.3) is 0 Å². The number of nitrogens with one attached hydrogen (secondary N) is 1. The van der Waals surface area contributed by atoms with Crippen molar-refractivity contribution in [1.82, 2.24) is 14.7 Å². The van der Waals surface area contributed by atoms with Crippen molar-refractivity contribution in [3.63, 3.8) is 0 Å². The van der Waals surface area contributed by atoms with Crippen molar-refractivity contribution in [1.29, 1.82) is 0 Å². The van der Waals surface area contributed by atoms with Gasteiger partial charge >= 0.3 is 0 Å². The fraction of sp³-hybridized carbons (Fsp3) is 0.391. The molecule has 1 unspecified atom stereocenters. The molecule has 3 rings (SSSR count). The van der Waals surface area contributed by atoms with Crippen LogP contribution in [0.25, 0.3) is 0 Å². The van der Waals surface area contributed by atoms with E-state index >= 15 is 0 Å². The number of likely N-dealkylation sites (N-methyl/N-ethyl adjacent to an activating group) is 1. The first-order valence-corrected chi connectivity index (χ1v) is 10.6. The van der Waals surface area contributed by atoms with Gasteiger partial charge < -0.3 is 10.2 Å². The van der Waals surface area contributed by atoms with Gasteiger partial charge in [0.2, 0.25) is 11.8 Å². The second kappa shape index (κ2) is 10.6. The van der Waals surface area contributed by atoms with E-state index in [1.165, 1.54) is 5.56 Å². The first kappa shape index (κ1) is 22.3. The second-order valence-corrected chi connectivity index (χ2v) is 8.17. The maximum absolute atomic E-state index is 12.9. The van der Waals surface area contributed by atoms with Gasteiger partial charge in [-0.3, -0.25) is 19.4 Å². The number of piperazine rings is 1. The van der Waals surface area contributed by atoms with Gasteiger partial charge in [-0.15, -0.1) is 0 Å². The molecule has 1 N–H and O–H groups in total. The largest absolute Gasteiger partial charge is 0.339 e. The van der Waals surface area contributed by atoms with E-state index in [0.29, 0.717) is 23.8 Å². The number of anilines is 1. The smallest absolute Gasteiger partial charge is 0.239 e. The average molecular weight is 429 g/mol. The number of nitrogens with zero attached hydrogens (tertiary/aromatic N) is 3. The number of amides is 2. The van der Waals surface area contributed by atoms with Gasteiger partial charge in [-0.25, -0.2) is 0 Å². The van der Waals surface area contributed by atoms with Gasteiger partial charge in [0, 0.05) is 43.4 Å². The molecule has 7 heteroatoms. The Hall–Kier alpha value is -2.41. The van der Waals surface area contributed by atoms with Gasteiger partial charge in [0.1, 0.15) is 0 Å². The van der Waals surface area contributed by atoms with Crippen molar-refractivity contribution in [2.45, 2.75) is 19.5 Å². The maximum Gasteiger partial charge on any atom is 0.239 e. The zero-order chi connectivity index (χ0) is 21.5. The van der Waals surface area contributed by atoms with E-state index in [4.69, 9.17) is 11.6 Å². The summed E-state index contributed by atoms with van der Waals surface area (Å²) in [5, 5.41) is 3.45. The third kappa shape index (κ3) is 6.29. The topological polar surface area (TPSA) is 55.9 Å². The van der Waals surface area contributed by atoms with E-state index in [1.807, 2.05) is 17.9 Å². The van der Waals surface area contributed by atoms with Crippen LogP contribution in [0.2, 0.25) is 5.02 Å². The Morgan fingerprint density at radius 3 is 2.30 bits per heavy atom. The summed E-state index contributed by atoms with van der Waals surface area (Å²) >= 11 is 5.87. The minimum atomic E-state index is -0.360. The number of halogens is 1. The number of rotatable bonds is 7. The molecule has 1 aliphatic heterocycles. The normalized spacial score (nSPS) is 15.8. The van der Waals surface area contributed by atoms with Gasteiger partial charge in [0.05, 0.1) is 12.6 Å². The van der Waals surface area contributed by atoms with Gasteiger partial charge in [-0.1, -0.05) is 41.9 Å². The summed E-state index contributed by atoms with van der Waals surface area (Å²) in [7, 11) is 1.80. The van der Waals surface area contributed by atoms with Crippen LogP contribution in [0.5, 0.6) is 0 Å². The Kier molecular flexibility index (Phi) is 7.85. The van der Waals surface area contributed by atoms with Crippen LogP contribution < -0.4 is 5.32 Å². The highest BCUT2D eigenvalue weighted by Gasteiger charge is 2.27. The first-order chi connectivity index (χ1) is 14.4. The summed E-state index contributed by atoms with van der Waals surface area (Å²) in [5.74, 6) is -0.0942. The average Bonchev–Trinajstić information content (AvgIpc) is 2.75. The third-order valence-corrected chi connectivity index (χ3v) is 5.72. The van der Waals surface area contributed by atoms with E-state index in [2.05, 4.69) is 34.5 Å². The van der Waals surface area contributed by atoms with Crippen LogP contribution in [0, 0.1) is 0 Å². The van der Waals surface area contributed by atoms with E-state index in [0.717, 1.165) is 19.6 Å². The Morgan fingerprint density at radius 1 is 1.03 bits per heavy atom. The highest BCUT2D eigenvalue weighted by Crippen LogP contribution is 2.14. The molecule has 0 radical (unpaired) electrons. The first-order valence-electron chi connectivity index (χ1n) is 10.2. The maximum atomic E-state index is 12.9. The molecule has 1 atom stereocenters. The van der Waals surface area contributed by atoms with Crippen molar-refractivity contribution >= 4 is 29.1 Å².